The van der Waals surface area contributed by atoms with Gasteiger partial charge in [0.25, 0.3) is 0 Å². The lowest BCUT2D eigenvalue weighted by Gasteiger charge is -2.08. The maximum absolute atomic E-state index is 5.63. The summed E-state index contributed by atoms with van der Waals surface area (Å²) in [6, 6.07) is 9.78. The number of aromatic nitrogens is 2. The van der Waals surface area contributed by atoms with Crippen molar-refractivity contribution < 1.29 is 9.47 Å². The predicted octanol–water partition coefficient (Wildman–Crippen LogP) is 2.89. The van der Waals surface area contributed by atoms with Crippen molar-refractivity contribution in [2.75, 3.05) is 7.11 Å². The molecule has 0 N–H and O–H groups in total. The largest absolute Gasteiger partial charge is 0.481 e. The summed E-state index contributed by atoms with van der Waals surface area (Å²) in [5.74, 6) is 1.25. The highest BCUT2D eigenvalue weighted by molar-refractivity contribution is 5.34. The summed E-state index contributed by atoms with van der Waals surface area (Å²) in [5.41, 5.74) is 1.84. The van der Waals surface area contributed by atoms with E-state index < -0.39 is 0 Å². The zero-order valence-corrected chi connectivity index (χ0v) is 10.1. The lowest BCUT2D eigenvalue weighted by Crippen LogP contribution is -1.97. The SMILES string of the molecule is COc1cc(C)nc(Oc2ccccc2C)n1. The smallest absolute Gasteiger partial charge is 0.325 e. The summed E-state index contributed by atoms with van der Waals surface area (Å²) in [6.07, 6.45) is 0. The third-order valence-corrected chi connectivity index (χ3v) is 2.31. The van der Waals surface area contributed by atoms with Crippen molar-refractivity contribution >= 4 is 0 Å². The zero-order valence-electron chi connectivity index (χ0n) is 10.1. The first-order valence-electron chi connectivity index (χ1n) is 5.32. The lowest BCUT2D eigenvalue weighted by molar-refractivity contribution is 0.374. The molecule has 0 unspecified atom stereocenters. The van der Waals surface area contributed by atoms with Gasteiger partial charge < -0.3 is 9.47 Å². The zero-order chi connectivity index (χ0) is 12.3. The summed E-state index contributed by atoms with van der Waals surface area (Å²) < 4.78 is 10.7. The number of rotatable bonds is 3. The van der Waals surface area contributed by atoms with Crippen LogP contribution in [0.1, 0.15) is 11.3 Å². The lowest BCUT2D eigenvalue weighted by atomic mass is 10.2. The minimum absolute atomic E-state index is 0.302. The maximum atomic E-state index is 5.63. The minimum atomic E-state index is 0.302. The Hall–Kier alpha value is -2.10. The van der Waals surface area contributed by atoms with E-state index >= 15 is 0 Å². The summed E-state index contributed by atoms with van der Waals surface area (Å²) >= 11 is 0. The second kappa shape index (κ2) is 4.82. The van der Waals surface area contributed by atoms with E-state index in [0.29, 0.717) is 11.9 Å². The van der Waals surface area contributed by atoms with Crippen LogP contribution in [0.5, 0.6) is 17.6 Å². The molecule has 4 heteroatoms. The molecule has 0 atom stereocenters. The second-order valence-corrected chi connectivity index (χ2v) is 3.70. The Bertz CT molecular complexity index is 527. The highest BCUT2D eigenvalue weighted by Gasteiger charge is 2.06. The normalized spacial score (nSPS) is 10.1. The first-order chi connectivity index (χ1) is 8.19. The van der Waals surface area contributed by atoms with Gasteiger partial charge in [-0.05, 0) is 25.5 Å². The Morgan fingerprint density at radius 3 is 2.53 bits per heavy atom. The van der Waals surface area contributed by atoms with Crippen LogP contribution in [0.15, 0.2) is 30.3 Å². The number of para-hydroxylation sites is 1. The van der Waals surface area contributed by atoms with Crippen LogP contribution in [-0.4, -0.2) is 17.1 Å². The number of hydrogen-bond acceptors (Lipinski definition) is 4. The monoisotopic (exact) mass is 230 g/mol. The Kier molecular flexibility index (Phi) is 3.23. The number of hydrogen-bond donors (Lipinski definition) is 0. The number of methoxy groups -OCH3 is 1. The van der Waals surface area contributed by atoms with Crippen molar-refractivity contribution in [3.05, 3.63) is 41.6 Å². The molecule has 2 rings (SSSR count). The number of nitrogens with zero attached hydrogens (tertiary/aromatic N) is 2. The third-order valence-electron chi connectivity index (χ3n) is 2.31. The van der Waals surface area contributed by atoms with E-state index in [0.717, 1.165) is 17.0 Å². The first kappa shape index (κ1) is 11.4. The van der Waals surface area contributed by atoms with Crippen molar-refractivity contribution in [3.8, 4) is 17.6 Å². The van der Waals surface area contributed by atoms with E-state index in [-0.39, 0.29) is 0 Å². The number of benzene rings is 1. The quantitative estimate of drug-likeness (QED) is 0.813. The second-order valence-electron chi connectivity index (χ2n) is 3.70. The van der Waals surface area contributed by atoms with Crippen molar-refractivity contribution in [2.24, 2.45) is 0 Å². The van der Waals surface area contributed by atoms with Crippen molar-refractivity contribution in [1.82, 2.24) is 9.97 Å². The van der Waals surface area contributed by atoms with E-state index in [2.05, 4.69) is 9.97 Å². The highest BCUT2D eigenvalue weighted by Crippen LogP contribution is 2.23. The number of aryl methyl sites for hydroxylation is 2. The van der Waals surface area contributed by atoms with Crippen LogP contribution >= 0.6 is 0 Å². The molecule has 0 fully saturated rings. The molecule has 0 saturated carbocycles. The Labute approximate surface area is 100 Å². The fourth-order valence-electron chi connectivity index (χ4n) is 1.43. The van der Waals surface area contributed by atoms with E-state index in [1.54, 1.807) is 13.2 Å². The molecule has 88 valence electrons. The molecule has 2 aromatic rings. The van der Waals surface area contributed by atoms with Crippen molar-refractivity contribution in [2.45, 2.75) is 13.8 Å². The third kappa shape index (κ3) is 2.72. The van der Waals surface area contributed by atoms with Gasteiger partial charge in [0.2, 0.25) is 5.88 Å². The molecule has 1 aromatic heterocycles. The molecule has 0 spiro atoms. The Balaban J connectivity index is 2.30. The van der Waals surface area contributed by atoms with E-state index in [1.165, 1.54) is 0 Å². The average molecular weight is 230 g/mol. The fraction of sp³-hybridized carbons (Fsp3) is 0.231. The summed E-state index contributed by atoms with van der Waals surface area (Å²) in [4.78, 5) is 8.34. The van der Waals surface area contributed by atoms with Gasteiger partial charge in [0.05, 0.1) is 7.11 Å². The maximum Gasteiger partial charge on any atom is 0.325 e. The van der Waals surface area contributed by atoms with Gasteiger partial charge in [-0.25, -0.2) is 0 Å². The molecule has 0 aliphatic heterocycles. The molecule has 4 nitrogen and oxygen atoms in total. The molecule has 17 heavy (non-hydrogen) atoms. The minimum Gasteiger partial charge on any atom is -0.481 e. The average Bonchev–Trinajstić information content (AvgIpc) is 2.31. The van der Waals surface area contributed by atoms with Crippen LogP contribution in [0.2, 0.25) is 0 Å². The number of ether oxygens (including phenoxy) is 2. The fourth-order valence-corrected chi connectivity index (χ4v) is 1.43. The molecule has 0 bridgehead atoms. The van der Waals surface area contributed by atoms with Crippen LogP contribution in [0.3, 0.4) is 0 Å². The van der Waals surface area contributed by atoms with Gasteiger partial charge in [0, 0.05) is 11.8 Å². The van der Waals surface area contributed by atoms with Crippen molar-refractivity contribution in [3.63, 3.8) is 0 Å². The van der Waals surface area contributed by atoms with Gasteiger partial charge in [0.1, 0.15) is 5.75 Å². The van der Waals surface area contributed by atoms with Gasteiger partial charge in [-0.3, -0.25) is 0 Å². The summed E-state index contributed by atoms with van der Waals surface area (Å²) in [5, 5.41) is 0. The molecule has 0 aliphatic rings. The van der Waals surface area contributed by atoms with E-state index in [4.69, 9.17) is 9.47 Å². The summed E-state index contributed by atoms with van der Waals surface area (Å²) in [7, 11) is 1.57. The van der Waals surface area contributed by atoms with Crippen LogP contribution in [-0.2, 0) is 0 Å². The van der Waals surface area contributed by atoms with Gasteiger partial charge >= 0.3 is 6.01 Å². The van der Waals surface area contributed by atoms with E-state index in [1.807, 2.05) is 38.1 Å². The first-order valence-corrected chi connectivity index (χ1v) is 5.32. The van der Waals surface area contributed by atoms with Crippen LogP contribution in [0.4, 0.5) is 0 Å². The molecule has 0 saturated heterocycles. The molecule has 1 aromatic carbocycles. The molecular formula is C13H14N2O2. The molecule has 0 amide bonds. The molecule has 0 radical (unpaired) electrons. The highest BCUT2D eigenvalue weighted by atomic mass is 16.5. The standard InChI is InChI=1S/C13H14N2O2/c1-9-6-4-5-7-11(9)17-13-14-10(2)8-12(15-13)16-3/h4-8H,1-3H3. The van der Waals surface area contributed by atoms with Crippen LogP contribution in [0, 0.1) is 13.8 Å². The van der Waals surface area contributed by atoms with Crippen LogP contribution in [0.25, 0.3) is 0 Å². The van der Waals surface area contributed by atoms with E-state index in [9.17, 15) is 0 Å². The molecule has 0 aliphatic carbocycles. The Morgan fingerprint density at radius 2 is 1.82 bits per heavy atom. The molecular weight excluding hydrogens is 216 g/mol. The topological polar surface area (TPSA) is 44.2 Å². The van der Waals surface area contributed by atoms with Crippen LogP contribution < -0.4 is 9.47 Å². The van der Waals surface area contributed by atoms with Crippen molar-refractivity contribution in [1.29, 1.82) is 0 Å². The van der Waals surface area contributed by atoms with Gasteiger partial charge in [-0.2, -0.15) is 9.97 Å². The molecule has 1 heterocycles. The van der Waals surface area contributed by atoms with Gasteiger partial charge in [0.15, 0.2) is 0 Å². The summed E-state index contributed by atoms with van der Waals surface area (Å²) in [6.45, 7) is 3.84. The predicted molar refractivity (Wildman–Crippen MR) is 64.6 cm³/mol. The van der Waals surface area contributed by atoms with Gasteiger partial charge in [-0.15, -0.1) is 0 Å². The Morgan fingerprint density at radius 1 is 1.06 bits per heavy atom. The van der Waals surface area contributed by atoms with Gasteiger partial charge in [-0.1, -0.05) is 18.2 Å².